The number of aromatic nitrogens is 1. The molecule has 0 bridgehead atoms. The van der Waals surface area contributed by atoms with Gasteiger partial charge in [-0.3, -0.25) is 0 Å². The Hall–Kier alpha value is -0.220. The van der Waals surface area contributed by atoms with Gasteiger partial charge in [-0.1, -0.05) is 11.6 Å². The Bertz CT molecular complexity index is 304. The predicted octanol–water partition coefficient (Wildman–Crippen LogP) is 3.74. The number of alkyl halides is 2. The molecule has 0 atom stereocenters. The van der Waals surface area contributed by atoms with Gasteiger partial charge >= 0.3 is 0 Å². The molecule has 1 aromatic heterocycles. The fraction of sp³-hybridized carbons (Fsp3) is 0.286. The van der Waals surface area contributed by atoms with Crippen LogP contribution in [-0.4, -0.2) is 4.98 Å². The second-order valence-electron chi connectivity index (χ2n) is 2.28. The van der Waals surface area contributed by atoms with E-state index in [0.29, 0.717) is 5.56 Å². The summed E-state index contributed by atoms with van der Waals surface area (Å²) in [5.74, 6) is 0. The Labute approximate surface area is 81.9 Å². The molecule has 1 rings (SSSR count). The normalized spacial score (nSPS) is 10.8. The summed E-state index contributed by atoms with van der Waals surface area (Å²) in [4.78, 5) is 3.70. The molecule has 0 N–H and O–H groups in total. The van der Waals surface area contributed by atoms with Gasteiger partial charge in [-0.15, -0.1) is 0 Å². The zero-order valence-corrected chi connectivity index (χ0v) is 8.46. The molecular formula is C7H5BrClF2N. The summed E-state index contributed by atoms with van der Waals surface area (Å²) in [5.41, 5.74) is 0.423. The van der Waals surface area contributed by atoms with Gasteiger partial charge in [-0.05, 0) is 34.5 Å². The third-order valence-corrected chi connectivity index (χ3v) is 2.38. The number of hydrogen-bond donors (Lipinski definition) is 0. The molecule has 1 aromatic rings. The predicted molar refractivity (Wildman–Crippen MR) is 46.6 cm³/mol. The van der Waals surface area contributed by atoms with E-state index in [1.54, 1.807) is 6.92 Å². The molecule has 1 heterocycles. The van der Waals surface area contributed by atoms with Crippen LogP contribution < -0.4 is 0 Å². The Kier molecular flexibility index (Phi) is 3.01. The van der Waals surface area contributed by atoms with Crippen LogP contribution in [0.4, 0.5) is 8.78 Å². The molecule has 0 unspecified atom stereocenters. The minimum Gasteiger partial charge on any atom is -0.228 e. The highest BCUT2D eigenvalue weighted by Gasteiger charge is 2.14. The number of rotatable bonds is 1. The first kappa shape index (κ1) is 9.86. The highest BCUT2D eigenvalue weighted by atomic mass is 79.9. The third-order valence-electron chi connectivity index (χ3n) is 1.37. The van der Waals surface area contributed by atoms with Crippen molar-refractivity contribution in [1.82, 2.24) is 4.98 Å². The molecule has 0 saturated heterocycles. The minimum atomic E-state index is -2.53. The Morgan fingerprint density at radius 3 is 2.67 bits per heavy atom. The summed E-state index contributed by atoms with van der Waals surface area (Å²) in [6.45, 7) is 1.63. The van der Waals surface area contributed by atoms with E-state index in [0.717, 1.165) is 0 Å². The first-order valence-electron chi connectivity index (χ1n) is 3.13. The summed E-state index contributed by atoms with van der Waals surface area (Å²) >= 11 is 8.51. The second kappa shape index (κ2) is 3.66. The van der Waals surface area contributed by atoms with Crippen molar-refractivity contribution in [2.24, 2.45) is 0 Å². The molecule has 66 valence electrons. The van der Waals surface area contributed by atoms with Crippen LogP contribution in [0.15, 0.2) is 10.7 Å². The van der Waals surface area contributed by atoms with Gasteiger partial charge in [0.1, 0.15) is 9.76 Å². The third kappa shape index (κ3) is 1.93. The van der Waals surface area contributed by atoms with Crippen LogP contribution >= 0.6 is 27.5 Å². The van der Waals surface area contributed by atoms with E-state index in [1.807, 2.05) is 0 Å². The van der Waals surface area contributed by atoms with Crippen molar-refractivity contribution in [1.29, 1.82) is 0 Å². The average molecular weight is 256 g/mol. The summed E-state index contributed by atoms with van der Waals surface area (Å²) < 4.78 is 24.6. The number of nitrogens with zero attached hydrogens (tertiary/aromatic N) is 1. The van der Waals surface area contributed by atoms with E-state index in [-0.39, 0.29) is 15.3 Å². The van der Waals surface area contributed by atoms with Crippen LogP contribution in [0.25, 0.3) is 0 Å². The molecule has 0 fully saturated rings. The van der Waals surface area contributed by atoms with E-state index in [4.69, 9.17) is 11.6 Å². The van der Waals surface area contributed by atoms with E-state index < -0.39 is 6.43 Å². The van der Waals surface area contributed by atoms with Crippen LogP contribution in [0, 0.1) is 6.92 Å². The van der Waals surface area contributed by atoms with Gasteiger partial charge in [0, 0.05) is 0 Å². The van der Waals surface area contributed by atoms with Crippen molar-refractivity contribution < 1.29 is 8.78 Å². The fourth-order valence-electron chi connectivity index (χ4n) is 0.744. The van der Waals surface area contributed by atoms with E-state index in [9.17, 15) is 8.78 Å². The lowest BCUT2D eigenvalue weighted by molar-refractivity contribution is 0.150. The van der Waals surface area contributed by atoms with E-state index >= 15 is 0 Å². The van der Waals surface area contributed by atoms with Crippen molar-refractivity contribution in [3.05, 3.63) is 26.9 Å². The lowest BCUT2D eigenvalue weighted by atomic mass is 10.2. The Morgan fingerprint density at radius 2 is 2.17 bits per heavy atom. The number of halogens is 4. The summed E-state index contributed by atoms with van der Waals surface area (Å²) in [6, 6.07) is 1.32. The van der Waals surface area contributed by atoms with Gasteiger partial charge in [-0.25, -0.2) is 13.8 Å². The first-order chi connectivity index (χ1) is 5.52. The monoisotopic (exact) mass is 255 g/mol. The molecule has 5 heteroatoms. The fourth-order valence-corrected chi connectivity index (χ4v) is 1.45. The highest BCUT2D eigenvalue weighted by molar-refractivity contribution is 9.10. The molecule has 0 aromatic carbocycles. The van der Waals surface area contributed by atoms with Crippen LogP contribution in [0.5, 0.6) is 0 Å². The van der Waals surface area contributed by atoms with Crippen LogP contribution in [0.3, 0.4) is 0 Å². The molecule has 12 heavy (non-hydrogen) atoms. The van der Waals surface area contributed by atoms with Gasteiger partial charge < -0.3 is 0 Å². The highest BCUT2D eigenvalue weighted by Crippen LogP contribution is 2.28. The lowest BCUT2D eigenvalue weighted by Gasteiger charge is -2.04. The molecule has 0 saturated carbocycles. The molecule has 0 radical (unpaired) electrons. The largest absolute Gasteiger partial charge is 0.266 e. The molecule has 1 nitrogen and oxygen atoms in total. The zero-order valence-electron chi connectivity index (χ0n) is 6.11. The first-order valence-corrected chi connectivity index (χ1v) is 4.30. The second-order valence-corrected chi connectivity index (χ2v) is 3.39. The van der Waals surface area contributed by atoms with Crippen molar-refractivity contribution in [3.63, 3.8) is 0 Å². The molecule has 0 spiro atoms. The van der Waals surface area contributed by atoms with Gasteiger partial charge in [0.15, 0.2) is 0 Å². The maximum absolute atomic E-state index is 12.2. The maximum atomic E-state index is 12.2. The lowest BCUT2D eigenvalue weighted by Crippen LogP contribution is -1.92. The van der Waals surface area contributed by atoms with Crippen LogP contribution in [-0.2, 0) is 0 Å². The SMILES string of the molecule is Cc1cc(C(F)F)c(Br)nc1Cl. The molecule has 0 aliphatic heterocycles. The number of pyridine rings is 1. The number of aryl methyl sites for hydroxylation is 1. The van der Waals surface area contributed by atoms with E-state index in [1.165, 1.54) is 6.07 Å². The quantitative estimate of drug-likeness (QED) is 0.698. The van der Waals surface area contributed by atoms with E-state index in [2.05, 4.69) is 20.9 Å². The molecule has 0 amide bonds. The average Bonchev–Trinajstić information content (AvgIpc) is 1.96. The zero-order chi connectivity index (χ0) is 9.30. The summed E-state index contributed by atoms with van der Waals surface area (Å²) in [6.07, 6.45) is -2.53. The Morgan fingerprint density at radius 1 is 1.58 bits per heavy atom. The summed E-state index contributed by atoms with van der Waals surface area (Å²) in [7, 11) is 0. The molecule has 0 aliphatic carbocycles. The van der Waals surface area contributed by atoms with Crippen molar-refractivity contribution in [2.75, 3.05) is 0 Å². The maximum Gasteiger partial charge on any atom is 0.266 e. The summed E-state index contributed by atoms with van der Waals surface area (Å²) in [5, 5.41) is 0.242. The smallest absolute Gasteiger partial charge is 0.228 e. The Balaban J connectivity index is 3.23. The van der Waals surface area contributed by atoms with Crippen molar-refractivity contribution in [3.8, 4) is 0 Å². The molecular weight excluding hydrogens is 251 g/mol. The van der Waals surface area contributed by atoms with Gasteiger partial charge in [0.2, 0.25) is 0 Å². The van der Waals surface area contributed by atoms with Gasteiger partial charge in [0.25, 0.3) is 6.43 Å². The standard InChI is InChI=1S/C7H5BrClF2N/c1-3-2-4(7(10)11)5(8)12-6(3)9/h2,7H,1H3. The van der Waals surface area contributed by atoms with Crippen molar-refractivity contribution in [2.45, 2.75) is 13.3 Å². The minimum absolute atomic E-state index is 0.105. The van der Waals surface area contributed by atoms with Gasteiger partial charge in [-0.2, -0.15) is 0 Å². The van der Waals surface area contributed by atoms with Crippen LogP contribution in [0.1, 0.15) is 17.6 Å². The topological polar surface area (TPSA) is 12.9 Å². The van der Waals surface area contributed by atoms with Crippen LogP contribution in [0.2, 0.25) is 5.15 Å². The number of hydrogen-bond acceptors (Lipinski definition) is 1. The van der Waals surface area contributed by atoms with Crippen molar-refractivity contribution >= 4 is 27.5 Å². The molecule has 0 aliphatic rings. The van der Waals surface area contributed by atoms with Gasteiger partial charge in [0.05, 0.1) is 5.56 Å².